The fourth-order valence-electron chi connectivity index (χ4n) is 2.14. The van der Waals surface area contributed by atoms with Crippen molar-refractivity contribution in [3.63, 3.8) is 0 Å². The monoisotopic (exact) mass is 236 g/mol. The Morgan fingerprint density at radius 1 is 0.588 bits per heavy atom. The minimum Gasteiger partial charge on any atom is -0.291 e. The molecule has 2 heteroatoms. The van der Waals surface area contributed by atoms with Gasteiger partial charge in [0.05, 0.1) is 0 Å². The standard InChI is InChI=1S/C15H24O2/c16-14-12-10-8-6-4-2-1-3-5-7-9-11-13-15(14)17/h1-2H,3-13H2/b2-1-. The summed E-state index contributed by atoms with van der Waals surface area (Å²) in [7, 11) is 0. The Hall–Kier alpha value is -0.920. The van der Waals surface area contributed by atoms with Crippen LogP contribution >= 0.6 is 0 Å². The molecule has 0 fully saturated rings. The van der Waals surface area contributed by atoms with Crippen molar-refractivity contribution in [2.45, 2.75) is 70.6 Å². The van der Waals surface area contributed by atoms with Crippen molar-refractivity contribution in [3.8, 4) is 0 Å². The summed E-state index contributed by atoms with van der Waals surface area (Å²) < 4.78 is 0. The van der Waals surface area contributed by atoms with Crippen molar-refractivity contribution in [2.75, 3.05) is 0 Å². The molecule has 1 aliphatic rings. The number of rotatable bonds is 0. The second kappa shape index (κ2) is 9.15. The molecular weight excluding hydrogens is 212 g/mol. The predicted octanol–water partition coefficient (Wildman–Crippen LogP) is 3.99. The van der Waals surface area contributed by atoms with Crippen LogP contribution in [0.4, 0.5) is 0 Å². The minimum atomic E-state index is -0.143. The molecule has 0 saturated heterocycles. The average molecular weight is 236 g/mol. The van der Waals surface area contributed by atoms with Crippen LogP contribution in [0.15, 0.2) is 12.2 Å². The molecule has 0 spiro atoms. The van der Waals surface area contributed by atoms with Gasteiger partial charge in [-0.3, -0.25) is 9.59 Å². The quantitative estimate of drug-likeness (QED) is 0.471. The number of carbonyl (C=O) groups is 2. The van der Waals surface area contributed by atoms with Crippen molar-refractivity contribution in [1.82, 2.24) is 0 Å². The molecule has 0 bridgehead atoms. The maximum atomic E-state index is 11.5. The van der Waals surface area contributed by atoms with Crippen LogP contribution < -0.4 is 0 Å². The van der Waals surface area contributed by atoms with Crippen LogP contribution in [-0.4, -0.2) is 11.6 Å². The van der Waals surface area contributed by atoms with Crippen LogP contribution in [0.5, 0.6) is 0 Å². The van der Waals surface area contributed by atoms with Gasteiger partial charge in [0.25, 0.3) is 0 Å². The Balaban J connectivity index is 2.32. The molecule has 0 saturated carbocycles. The molecule has 0 N–H and O–H groups in total. The van der Waals surface area contributed by atoms with Gasteiger partial charge in [0.2, 0.25) is 0 Å². The molecule has 0 aromatic rings. The summed E-state index contributed by atoms with van der Waals surface area (Å²) in [6.07, 6.45) is 15.1. The zero-order chi connectivity index (χ0) is 12.3. The van der Waals surface area contributed by atoms with Crippen molar-refractivity contribution in [3.05, 3.63) is 12.2 Å². The first kappa shape index (κ1) is 14.1. The van der Waals surface area contributed by atoms with E-state index < -0.39 is 0 Å². The second-order valence-electron chi connectivity index (χ2n) is 4.87. The molecule has 0 unspecified atom stereocenters. The lowest BCUT2D eigenvalue weighted by atomic mass is 10.0. The summed E-state index contributed by atoms with van der Waals surface area (Å²) in [5, 5.41) is 0. The first-order chi connectivity index (χ1) is 8.30. The molecule has 96 valence electrons. The zero-order valence-electron chi connectivity index (χ0n) is 10.7. The maximum absolute atomic E-state index is 11.5. The number of Topliss-reactive ketones (excluding diaryl/α,β-unsaturated/α-hetero) is 2. The van der Waals surface area contributed by atoms with E-state index in [1.165, 1.54) is 12.8 Å². The van der Waals surface area contributed by atoms with Crippen LogP contribution in [-0.2, 0) is 9.59 Å². The molecule has 0 aromatic heterocycles. The highest BCUT2D eigenvalue weighted by atomic mass is 16.2. The van der Waals surface area contributed by atoms with E-state index >= 15 is 0 Å². The molecule has 0 heterocycles. The van der Waals surface area contributed by atoms with E-state index in [2.05, 4.69) is 12.2 Å². The van der Waals surface area contributed by atoms with Crippen molar-refractivity contribution in [1.29, 1.82) is 0 Å². The third kappa shape index (κ3) is 7.09. The first-order valence-corrected chi connectivity index (χ1v) is 7.02. The Labute approximate surface area is 104 Å². The highest BCUT2D eigenvalue weighted by molar-refractivity contribution is 6.37. The van der Waals surface area contributed by atoms with E-state index in [0.29, 0.717) is 12.8 Å². The summed E-state index contributed by atoms with van der Waals surface area (Å²) >= 11 is 0. The lowest BCUT2D eigenvalue weighted by Crippen LogP contribution is -2.13. The molecule has 0 aliphatic heterocycles. The van der Waals surface area contributed by atoms with Crippen molar-refractivity contribution in [2.24, 2.45) is 0 Å². The van der Waals surface area contributed by atoms with Gasteiger partial charge in [0, 0.05) is 12.8 Å². The first-order valence-electron chi connectivity index (χ1n) is 7.02. The van der Waals surface area contributed by atoms with E-state index in [9.17, 15) is 9.59 Å². The van der Waals surface area contributed by atoms with E-state index in [0.717, 1.165) is 44.9 Å². The van der Waals surface area contributed by atoms with Gasteiger partial charge in [-0.15, -0.1) is 0 Å². The van der Waals surface area contributed by atoms with E-state index in [1.807, 2.05) is 0 Å². The number of ketones is 2. The van der Waals surface area contributed by atoms with E-state index in [-0.39, 0.29) is 11.6 Å². The van der Waals surface area contributed by atoms with Gasteiger partial charge >= 0.3 is 0 Å². The Bertz CT molecular complexity index is 266. The van der Waals surface area contributed by atoms with Gasteiger partial charge in [-0.25, -0.2) is 0 Å². The highest BCUT2D eigenvalue weighted by Gasteiger charge is 2.12. The van der Waals surface area contributed by atoms with Gasteiger partial charge in [0.15, 0.2) is 11.6 Å². The molecule has 2 nitrogen and oxygen atoms in total. The SMILES string of the molecule is O=C1CCCCC/C=C\CCCCCCC1=O. The van der Waals surface area contributed by atoms with Crippen LogP contribution in [0, 0.1) is 0 Å². The van der Waals surface area contributed by atoms with E-state index in [4.69, 9.17) is 0 Å². The lowest BCUT2D eigenvalue weighted by Gasteiger charge is -2.00. The van der Waals surface area contributed by atoms with Gasteiger partial charge in [-0.1, -0.05) is 31.4 Å². The summed E-state index contributed by atoms with van der Waals surface area (Å²) in [6.45, 7) is 0. The predicted molar refractivity (Wildman–Crippen MR) is 69.9 cm³/mol. The topological polar surface area (TPSA) is 34.1 Å². The number of hydrogen-bond acceptors (Lipinski definition) is 2. The number of allylic oxidation sites excluding steroid dienone is 2. The smallest absolute Gasteiger partial charge is 0.198 e. The zero-order valence-corrected chi connectivity index (χ0v) is 10.7. The second-order valence-corrected chi connectivity index (χ2v) is 4.87. The number of hydrogen-bond donors (Lipinski definition) is 0. The van der Waals surface area contributed by atoms with Gasteiger partial charge in [0.1, 0.15) is 0 Å². The summed E-state index contributed by atoms with van der Waals surface area (Å²) in [6, 6.07) is 0. The van der Waals surface area contributed by atoms with Crippen LogP contribution in [0.1, 0.15) is 70.6 Å². The molecular formula is C15H24O2. The summed E-state index contributed by atoms with van der Waals surface area (Å²) in [4.78, 5) is 23.0. The largest absolute Gasteiger partial charge is 0.291 e. The maximum Gasteiger partial charge on any atom is 0.198 e. The Morgan fingerprint density at radius 2 is 1.00 bits per heavy atom. The van der Waals surface area contributed by atoms with Gasteiger partial charge in [-0.2, -0.15) is 0 Å². The molecule has 0 radical (unpaired) electrons. The summed E-state index contributed by atoms with van der Waals surface area (Å²) in [5.74, 6) is -0.284. The van der Waals surface area contributed by atoms with Crippen LogP contribution in [0.3, 0.4) is 0 Å². The van der Waals surface area contributed by atoms with Crippen molar-refractivity contribution >= 4 is 11.6 Å². The molecule has 0 amide bonds. The highest BCUT2D eigenvalue weighted by Crippen LogP contribution is 2.10. The fourth-order valence-corrected chi connectivity index (χ4v) is 2.14. The van der Waals surface area contributed by atoms with Crippen LogP contribution in [0.25, 0.3) is 0 Å². The molecule has 17 heavy (non-hydrogen) atoms. The third-order valence-corrected chi connectivity index (χ3v) is 3.28. The van der Waals surface area contributed by atoms with Gasteiger partial charge in [-0.05, 0) is 38.5 Å². The minimum absolute atomic E-state index is 0.141. The normalized spacial score (nSPS) is 23.8. The average Bonchev–Trinajstić information content (AvgIpc) is 2.34. The fraction of sp³-hybridized carbons (Fsp3) is 0.733. The van der Waals surface area contributed by atoms with Gasteiger partial charge < -0.3 is 0 Å². The van der Waals surface area contributed by atoms with E-state index in [1.54, 1.807) is 0 Å². The summed E-state index contributed by atoms with van der Waals surface area (Å²) in [5.41, 5.74) is 0. The third-order valence-electron chi connectivity index (χ3n) is 3.28. The molecule has 0 aromatic carbocycles. The van der Waals surface area contributed by atoms with Crippen molar-refractivity contribution < 1.29 is 9.59 Å². The Kier molecular flexibility index (Phi) is 7.61. The Morgan fingerprint density at radius 3 is 1.53 bits per heavy atom. The number of carbonyl (C=O) groups excluding carboxylic acids is 2. The molecule has 0 atom stereocenters. The molecule has 1 rings (SSSR count). The van der Waals surface area contributed by atoms with Crippen LogP contribution in [0.2, 0.25) is 0 Å². The molecule has 1 aliphatic carbocycles. The lowest BCUT2D eigenvalue weighted by molar-refractivity contribution is -0.136.